The van der Waals surface area contributed by atoms with Gasteiger partial charge in [0.1, 0.15) is 0 Å². The Balaban J connectivity index is 1.69. The first-order chi connectivity index (χ1) is 9.31. The Labute approximate surface area is 114 Å². The van der Waals surface area contributed by atoms with Gasteiger partial charge in [0, 0.05) is 19.6 Å². The van der Waals surface area contributed by atoms with Crippen molar-refractivity contribution < 1.29 is 5.11 Å². The van der Waals surface area contributed by atoms with E-state index >= 15 is 0 Å². The number of hydrogen-bond acceptors (Lipinski definition) is 2. The molecule has 0 aliphatic carbocycles. The maximum absolute atomic E-state index is 9.53. The summed E-state index contributed by atoms with van der Waals surface area (Å²) in [6, 6.07) is 19.2. The number of likely N-dealkylation sites (tertiary alicyclic amines) is 1. The van der Waals surface area contributed by atoms with Crippen molar-refractivity contribution in [1.82, 2.24) is 4.90 Å². The lowest BCUT2D eigenvalue weighted by Crippen LogP contribution is -2.21. The Morgan fingerprint density at radius 2 is 1.63 bits per heavy atom. The third-order valence-electron chi connectivity index (χ3n) is 3.71. The minimum Gasteiger partial charge on any atom is -0.392 e. The lowest BCUT2D eigenvalue weighted by molar-refractivity contribution is 0.175. The van der Waals surface area contributed by atoms with Crippen molar-refractivity contribution in [3.8, 4) is 11.1 Å². The molecule has 19 heavy (non-hydrogen) atoms. The van der Waals surface area contributed by atoms with E-state index in [4.69, 9.17) is 0 Å². The van der Waals surface area contributed by atoms with Crippen LogP contribution >= 0.6 is 0 Å². The van der Waals surface area contributed by atoms with Gasteiger partial charge in [0.15, 0.2) is 0 Å². The third kappa shape index (κ3) is 3.03. The van der Waals surface area contributed by atoms with E-state index in [1.54, 1.807) is 0 Å². The summed E-state index contributed by atoms with van der Waals surface area (Å²) in [5.74, 6) is 0. The molecule has 2 heteroatoms. The fourth-order valence-corrected chi connectivity index (χ4v) is 2.65. The highest BCUT2D eigenvalue weighted by Gasteiger charge is 2.19. The molecule has 3 rings (SSSR count). The summed E-state index contributed by atoms with van der Waals surface area (Å²) in [7, 11) is 0. The van der Waals surface area contributed by atoms with Gasteiger partial charge >= 0.3 is 0 Å². The van der Waals surface area contributed by atoms with Crippen LogP contribution in [0.4, 0.5) is 0 Å². The molecule has 1 fully saturated rings. The molecule has 98 valence electrons. The Hall–Kier alpha value is -1.64. The van der Waals surface area contributed by atoms with Crippen molar-refractivity contribution in [2.45, 2.75) is 19.1 Å². The zero-order valence-electron chi connectivity index (χ0n) is 11.0. The molecule has 1 aliphatic heterocycles. The second kappa shape index (κ2) is 5.55. The van der Waals surface area contributed by atoms with Gasteiger partial charge in [-0.1, -0.05) is 54.6 Å². The maximum Gasteiger partial charge on any atom is 0.0679 e. The first kappa shape index (κ1) is 12.4. The van der Waals surface area contributed by atoms with Crippen LogP contribution in [-0.2, 0) is 6.54 Å². The molecule has 1 atom stereocenters. The highest BCUT2D eigenvalue weighted by Crippen LogP contribution is 2.20. The van der Waals surface area contributed by atoms with Crippen LogP contribution in [0.5, 0.6) is 0 Å². The smallest absolute Gasteiger partial charge is 0.0679 e. The summed E-state index contributed by atoms with van der Waals surface area (Å²) < 4.78 is 0. The average Bonchev–Trinajstić information content (AvgIpc) is 2.86. The van der Waals surface area contributed by atoms with Crippen molar-refractivity contribution in [1.29, 1.82) is 0 Å². The second-order valence-corrected chi connectivity index (χ2v) is 5.24. The van der Waals surface area contributed by atoms with Crippen LogP contribution in [0.3, 0.4) is 0 Å². The van der Waals surface area contributed by atoms with Crippen LogP contribution in [0.25, 0.3) is 11.1 Å². The van der Waals surface area contributed by atoms with Gasteiger partial charge in [0.05, 0.1) is 6.10 Å². The number of hydrogen-bond donors (Lipinski definition) is 1. The SMILES string of the molecule is OC1CCN(Cc2ccc(-c3ccccc3)cc2)C1. The summed E-state index contributed by atoms with van der Waals surface area (Å²) in [5, 5.41) is 9.53. The molecule has 1 saturated heterocycles. The number of β-amino-alcohol motifs (C(OH)–C–C–N with tert-alkyl or cyclic N) is 1. The first-order valence-electron chi connectivity index (χ1n) is 6.86. The van der Waals surface area contributed by atoms with E-state index in [2.05, 4.69) is 53.4 Å². The molecule has 1 N–H and O–H groups in total. The van der Waals surface area contributed by atoms with Crippen molar-refractivity contribution in [3.63, 3.8) is 0 Å². The third-order valence-corrected chi connectivity index (χ3v) is 3.71. The van der Waals surface area contributed by atoms with E-state index in [0.29, 0.717) is 0 Å². The van der Waals surface area contributed by atoms with E-state index in [1.807, 2.05) is 6.07 Å². The zero-order valence-corrected chi connectivity index (χ0v) is 11.0. The van der Waals surface area contributed by atoms with Crippen LogP contribution < -0.4 is 0 Å². The lowest BCUT2D eigenvalue weighted by Gasteiger charge is -2.15. The summed E-state index contributed by atoms with van der Waals surface area (Å²) in [5.41, 5.74) is 3.82. The van der Waals surface area contributed by atoms with Crippen LogP contribution in [0.2, 0.25) is 0 Å². The van der Waals surface area contributed by atoms with Crippen molar-refractivity contribution in [2.75, 3.05) is 13.1 Å². The molecule has 0 bridgehead atoms. The van der Waals surface area contributed by atoms with E-state index in [-0.39, 0.29) is 6.10 Å². The van der Waals surface area contributed by atoms with Gasteiger partial charge < -0.3 is 5.11 Å². The van der Waals surface area contributed by atoms with Gasteiger partial charge in [-0.25, -0.2) is 0 Å². The van der Waals surface area contributed by atoms with Gasteiger partial charge in [0.2, 0.25) is 0 Å². The van der Waals surface area contributed by atoms with E-state index in [9.17, 15) is 5.11 Å². The molecule has 1 aliphatic rings. The zero-order chi connectivity index (χ0) is 13.1. The highest BCUT2D eigenvalue weighted by atomic mass is 16.3. The van der Waals surface area contributed by atoms with Crippen molar-refractivity contribution >= 4 is 0 Å². The normalized spacial score (nSPS) is 19.7. The van der Waals surface area contributed by atoms with Crippen LogP contribution in [-0.4, -0.2) is 29.2 Å². The monoisotopic (exact) mass is 253 g/mol. The molecule has 2 aromatic rings. The van der Waals surface area contributed by atoms with Crippen LogP contribution in [0, 0.1) is 0 Å². The molecule has 0 spiro atoms. The minimum atomic E-state index is -0.136. The van der Waals surface area contributed by atoms with Gasteiger partial charge in [-0.15, -0.1) is 0 Å². The summed E-state index contributed by atoms with van der Waals surface area (Å²) >= 11 is 0. The largest absolute Gasteiger partial charge is 0.392 e. The second-order valence-electron chi connectivity index (χ2n) is 5.24. The summed E-state index contributed by atoms with van der Waals surface area (Å²) in [6.07, 6.45) is 0.769. The Morgan fingerprint density at radius 1 is 0.947 bits per heavy atom. The van der Waals surface area contributed by atoms with Crippen molar-refractivity contribution in [3.05, 3.63) is 60.2 Å². The summed E-state index contributed by atoms with van der Waals surface area (Å²) in [4.78, 5) is 2.31. The van der Waals surface area contributed by atoms with Gasteiger partial charge in [-0.3, -0.25) is 4.90 Å². The van der Waals surface area contributed by atoms with Gasteiger partial charge in [-0.2, -0.15) is 0 Å². The number of nitrogens with zero attached hydrogens (tertiary/aromatic N) is 1. The van der Waals surface area contributed by atoms with Crippen LogP contribution in [0.15, 0.2) is 54.6 Å². The van der Waals surface area contributed by atoms with Crippen LogP contribution in [0.1, 0.15) is 12.0 Å². The maximum atomic E-state index is 9.53. The molecule has 1 unspecified atom stereocenters. The standard InChI is InChI=1S/C17H19NO/c19-17-10-11-18(13-17)12-14-6-8-16(9-7-14)15-4-2-1-3-5-15/h1-9,17,19H,10-13H2. The quantitative estimate of drug-likeness (QED) is 0.909. The average molecular weight is 253 g/mol. The first-order valence-corrected chi connectivity index (χ1v) is 6.86. The fraction of sp³-hybridized carbons (Fsp3) is 0.294. The molecule has 0 aromatic heterocycles. The molecular formula is C17H19NO. The molecule has 0 radical (unpaired) electrons. The Morgan fingerprint density at radius 3 is 2.26 bits per heavy atom. The van der Waals surface area contributed by atoms with Gasteiger partial charge in [0.25, 0.3) is 0 Å². The summed E-state index contributed by atoms with van der Waals surface area (Å²) in [6.45, 7) is 2.74. The number of aliphatic hydroxyl groups excluding tert-OH is 1. The Bertz CT molecular complexity index is 521. The van der Waals surface area contributed by atoms with E-state index < -0.39 is 0 Å². The number of aliphatic hydroxyl groups is 1. The predicted molar refractivity (Wildman–Crippen MR) is 77.8 cm³/mol. The molecule has 0 saturated carbocycles. The number of benzene rings is 2. The predicted octanol–water partition coefficient (Wildman–Crippen LogP) is 2.92. The molecular weight excluding hydrogens is 234 g/mol. The topological polar surface area (TPSA) is 23.5 Å². The molecule has 2 nitrogen and oxygen atoms in total. The minimum absolute atomic E-state index is 0.136. The molecule has 1 heterocycles. The number of rotatable bonds is 3. The molecule has 0 amide bonds. The van der Waals surface area contributed by atoms with Gasteiger partial charge in [-0.05, 0) is 23.1 Å². The highest BCUT2D eigenvalue weighted by molar-refractivity contribution is 5.63. The van der Waals surface area contributed by atoms with Crippen molar-refractivity contribution in [2.24, 2.45) is 0 Å². The Kier molecular flexibility index (Phi) is 3.62. The lowest BCUT2D eigenvalue weighted by atomic mass is 10.0. The molecule has 2 aromatic carbocycles. The van der Waals surface area contributed by atoms with E-state index in [0.717, 1.165) is 26.1 Å². The van der Waals surface area contributed by atoms with E-state index in [1.165, 1.54) is 16.7 Å². The fourth-order valence-electron chi connectivity index (χ4n) is 2.65.